The number of nitrogens with zero attached hydrogens (tertiary/aromatic N) is 11. The molecule has 0 spiro atoms. The summed E-state index contributed by atoms with van der Waals surface area (Å²) in [6, 6.07) is 16.9. The van der Waals surface area contributed by atoms with Gasteiger partial charge in [-0.15, -0.1) is 0 Å². The number of rotatable bonds is 16. The van der Waals surface area contributed by atoms with E-state index in [1.807, 2.05) is 42.7 Å². The van der Waals surface area contributed by atoms with Gasteiger partial charge in [-0.25, -0.2) is 4.79 Å². The molecule has 3 aliphatic heterocycles. The summed E-state index contributed by atoms with van der Waals surface area (Å²) in [6.45, 7) is 19.9. The number of aromatic nitrogens is 8. The first kappa shape index (κ1) is 59.0. The van der Waals surface area contributed by atoms with E-state index >= 15 is 0 Å². The van der Waals surface area contributed by atoms with Gasteiger partial charge in [0.15, 0.2) is 11.3 Å². The van der Waals surface area contributed by atoms with Gasteiger partial charge in [-0.2, -0.15) is 39.2 Å². The number of aliphatic carboxylic acids is 1. The van der Waals surface area contributed by atoms with Crippen molar-refractivity contribution in [2.24, 2.45) is 11.8 Å². The minimum atomic E-state index is -0.846. The molecule has 0 radical (unpaired) electrons. The molecule has 1 amide bonds. The summed E-state index contributed by atoms with van der Waals surface area (Å²) in [7, 11) is 4.28. The summed E-state index contributed by atoms with van der Waals surface area (Å²) in [5, 5.41) is 24.7. The van der Waals surface area contributed by atoms with Crippen LogP contribution in [0.2, 0.25) is 0 Å². The highest BCUT2D eigenvalue weighted by molar-refractivity contribution is 5.83. The largest absolute Gasteiger partial charge is 0.481 e. The Morgan fingerprint density at radius 3 is 1.61 bits per heavy atom. The van der Waals surface area contributed by atoms with E-state index in [0.29, 0.717) is 68.1 Å². The number of benzene rings is 2. The van der Waals surface area contributed by atoms with Crippen LogP contribution in [-0.4, -0.2) is 148 Å². The lowest BCUT2D eigenvalue weighted by atomic mass is 9.96. The molecule has 21 nitrogen and oxygen atoms in total. The predicted octanol–water partition coefficient (Wildman–Crippen LogP) is 8.88. The van der Waals surface area contributed by atoms with Crippen molar-refractivity contribution in [3.05, 3.63) is 88.7 Å². The van der Waals surface area contributed by atoms with Gasteiger partial charge < -0.3 is 50.4 Å². The van der Waals surface area contributed by atoms with E-state index in [-0.39, 0.29) is 30.6 Å². The second-order valence-electron chi connectivity index (χ2n) is 23.5. The Bertz CT molecular complexity index is 3020. The molecule has 6 aromatic rings. The summed E-state index contributed by atoms with van der Waals surface area (Å²) in [5.74, 6) is 1.16. The van der Waals surface area contributed by atoms with E-state index in [2.05, 4.69) is 95.6 Å². The number of anilines is 3. The number of Topliss-reactive ketones (excluding diaryl/α,β-unsaturated/α-hetero) is 1. The lowest BCUT2D eigenvalue weighted by Crippen LogP contribution is -2.36. The molecule has 21 heteroatoms. The number of nitrogens with two attached hydrogens (primary N) is 1. The summed E-state index contributed by atoms with van der Waals surface area (Å²) < 4.78 is 21.1. The van der Waals surface area contributed by atoms with Crippen molar-refractivity contribution >= 4 is 46.7 Å². The van der Waals surface area contributed by atoms with Crippen LogP contribution in [0, 0.1) is 11.8 Å². The van der Waals surface area contributed by atoms with E-state index < -0.39 is 23.6 Å². The number of ketones is 1. The number of hydrogen-bond donors (Lipinski definition) is 4. The number of amides is 1. The van der Waals surface area contributed by atoms with Crippen LogP contribution >= 0.6 is 0 Å². The van der Waals surface area contributed by atoms with Crippen molar-refractivity contribution in [1.82, 2.24) is 53.9 Å². The third-order valence-corrected chi connectivity index (χ3v) is 15.1. The number of fused-ring (bicyclic) bond motifs is 2. The number of carbonyl (C=O) groups is 3. The fourth-order valence-corrected chi connectivity index (χ4v) is 10.4. The molecule has 3 saturated heterocycles. The maximum Gasteiger partial charge on any atom is 0.410 e. The first-order valence-electron chi connectivity index (χ1n) is 28.6. The van der Waals surface area contributed by atoms with Gasteiger partial charge in [0.25, 0.3) is 0 Å². The van der Waals surface area contributed by atoms with Crippen LogP contribution in [0.25, 0.3) is 11.3 Å². The molecule has 4 fully saturated rings. The average molecular weight is 1100 g/mol. The van der Waals surface area contributed by atoms with Gasteiger partial charge in [0.05, 0.1) is 18.3 Å². The summed E-state index contributed by atoms with van der Waals surface area (Å²) in [5.41, 5.74) is 13.1. The first-order chi connectivity index (χ1) is 38.2. The van der Waals surface area contributed by atoms with Crippen LogP contribution in [0.4, 0.5) is 22.4 Å². The molecular formula is C59H84N14O7. The third-order valence-electron chi connectivity index (χ3n) is 15.1. The first-order valence-corrected chi connectivity index (χ1v) is 28.6. The monoisotopic (exact) mass is 1100 g/mol. The van der Waals surface area contributed by atoms with E-state index in [0.717, 1.165) is 110 Å². The molecule has 432 valence electrons. The highest BCUT2D eigenvalue weighted by atomic mass is 16.6. The summed E-state index contributed by atoms with van der Waals surface area (Å²) in [4.78, 5) is 59.8. The van der Waals surface area contributed by atoms with Gasteiger partial charge in [0.1, 0.15) is 23.6 Å². The van der Waals surface area contributed by atoms with E-state index in [1.165, 1.54) is 17.7 Å². The van der Waals surface area contributed by atoms with Crippen LogP contribution in [0.5, 0.6) is 12.0 Å². The molecule has 4 aliphatic rings. The molecule has 1 unspecified atom stereocenters. The van der Waals surface area contributed by atoms with Crippen molar-refractivity contribution < 1.29 is 33.7 Å². The van der Waals surface area contributed by atoms with Gasteiger partial charge in [0, 0.05) is 81.5 Å². The van der Waals surface area contributed by atoms with Crippen LogP contribution in [0.1, 0.15) is 146 Å². The van der Waals surface area contributed by atoms with Crippen LogP contribution < -0.4 is 25.8 Å². The molecule has 5 N–H and O–H groups in total. The van der Waals surface area contributed by atoms with Gasteiger partial charge in [-0.05, 0) is 120 Å². The Balaban J connectivity index is 0.000000171. The summed E-state index contributed by atoms with van der Waals surface area (Å²) >= 11 is 0. The normalized spacial score (nSPS) is 17.8. The second-order valence-corrected chi connectivity index (χ2v) is 23.5. The Hall–Kier alpha value is -7.13. The molecule has 4 aromatic heterocycles. The zero-order chi connectivity index (χ0) is 57.1. The molecule has 7 heterocycles. The SMILES string of the molecule is CC(C)(C)OC(=O)N1CCC(C(=O)O)C1.CC(C)c1cnn2c(NCc3cccc(CC(=O)C4CCCC4)c3)nc(OC3CCN(C)CC3)nc12.CC(C)c1cnn2c(NCc3cccc(N)c3)nc(OC3CCN(C)CC3)nc12. The van der Waals surface area contributed by atoms with Gasteiger partial charge in [0.2, 0.25) is 11.9 Å². The number of carbonyl (C=O) groups excluding carboxylic acids is 2. The molecule has 1 atom stereocenters. The predicted molar refractivity (Wildman–Crippen MR) is 308 cm³/mol. The minimum absolute atomic E-state index is 0.121. The molecule has 0 bridgehead atoms. The van der Waals surface area contributed by atoms with E-state index in [4.69, 9.17) is 40.0 Å². The van der Waals surface area contributed by atoms with Gasteiger partial charge >= 0.3 is 24.1 Å². The fourth-order valence-electron chi connectivity index (χ4n) is 10.4. The summed E-state index contributed by atoms with van der Waals surface area (Å²) in [6.07, 6.45) is 13.0. The average Bonchev–Trinajstić information content (AvgIpc) is 4.35. The Kier molecular flexibility index (Phi) is 19.8. The molecule has 80 heavy (non-hydrogen) atoms. The number of ether oxygens (including phenoxy) is 3. The number of carboxylic acids is 1. The fraction of sp³-hybridized carbons (Fsp3) is 0.576. The number of nitrogens with one attached hydrogen (secondary N) is 2. The maximum atomic E-state index is 12.7. The number of carboxylic acid groups (broad SMARTS) is 1. The van der Waals surface area contributed by atoms with Crippen molar-refractivity contribution in [1.29, 1.82) is 0 Å². The molecular weight excluding hydrogens is 1020 g/mol. The number of nitrogen functional groups attached to an aromatic ring is 1. The quantitative estimate of drug-likeness (QED) is 0.0661. The van der Waals surface area contributed by atoms with E-state index in [9.17, 15) is 14.4 Å². The van der Waals surface area contributed by atoms with Gasteiger partial charge in [-0.3, -0.25) is 9.59 Å². The lowest BCUT2D eigenvalue weighted by molar-refractivity contribution is -0.141. The van der Waals surface area contributed by atoms with Crippen LogP contribution in [-0.2, 0) is 33.8 Å². The van der Waals surface area contributed by atoms with Crippen molar-refractivity contribution in [3.63, 3.8) is 0 Å². The topological polar surface area (TPSA) is 245 Å². The maximum absolute atomic E-state index is 12.7. The minimum Gasteiger partial charge on any atom is -0.481 e. The number of hydrogen-bond acceptors (Lipinski definition) is 17. The second kappa shape index (κ2) is 26.9. The standard InChI is InChI=1S/C28H38N6O2.C21H29N7O.C10H17NO4/c1-19(2)24-18-30-34-26(24)31-28(36-23-11-13-33(3)14-12-23)32-27(34)29-17-21-8-6-7-20(15-21)16-25(35)22-9-4-5-10-22;1-14(2)18-13-24-28-19(18)25-21(29-17-7-9-27(3)10-8-17)26-20(28)23-12-15-5-4-6-16(22)11-15;1-10(2,3)15-9(14)11-5-4-7(6-11)8(12)13/h6-8,15,18-19,22-23H,4-5,9-14,16-17H2,1-3H3,(H,29,31,32);4-6,11,13-14,17H,7-10,12,22H2,1-3H3,(H,23,25,26);7H,4-6H2,1-3H3,(H,12,13). The van der Waals surface area contributed by atoms with Crippen molar-refractivity contribution in [3.8, 4) is 12.0 Å². The highest BCUT2D eigenvalue weighted by Crippen LogP contribution is 2.29. The molecule has 10 rings (SSSR count). The van der Waals surface area contributed by atoms with Crippen molar-refractivity contribution in [2.45, 2.75) is 155 Å². The zero-order valence-electron chi connectivity index (χ0n) is 48.4. The highest BCUT2D eigenvalue weighted by Gasteiger charge is 2.33. The van der Waals surface area contributed by atoms with Crippen molar-refractivity contribution in [2.75, 3.05) is 69.7 Å². The van der Waals surface area contributed by atoms with Crippen LogP contribution in [0.15, 0.2) is 60.9 Å². The number of piperidine rings is 2. The molecule has 2 aromatic carbocycles. The zero-order valence-corrected chi connectivity index (χ0v) is 48.4. The van der Waals surface area contributed by atoms with Crippen LogP contribution in [0.3, 0.4) is 0 Å². The third kappa shape index (κ3) is 16.3. The van der Waals surface area contributed by atoms with E-state index in [1.54, 1.807) is 29.8 Å². The molecule has 1 aliphatic carbocycles. The number of likely N-dealkylation sites (tertiary alicyclic amines) is 3. The Labute approximate surface area is 470 Å². The molecule has 1 saturated carbocycles. The Morgan fingerprint density at radius 2 is 1.15 bits per heavy atom. The van der Waals surface area contributed by atoms with Gasteiger partial charge in [-0.1, -0.05) is 76.9 Å². The Morgan fingerprint density at radius 1 is 0.662 bits per heavy atom. The smallest absolute Gasteiger partial charge is 0.410 e. The lowest BCUT2D eigenvalue weighted by Gasteiger charge is -2.28.